The molecule has 5 nitrogen and oxygen atoms in total. The van der Waals surface area contributed by atoms with E-state index in [0.717, 1.165) is 16.4 Å². The largest absolute Gasteiger partial charge is 0.481 e. The van der Waals surface area contributed by atoms with Crippen molar-refractivity contribution in [1.82, 2.24) is 4.31 Å². The van der Waals surface area contributed by atoms with Crippen LogP contribution in [-0.4, -0.2) is 36.9 Å². The van der Waals surface area contributed by atoms with E-state index in [9.17, 15) is 17.6 Å². The van der Waals surface area contributed by atoms with Gasteiger partial charge in [0.15, 0.2) is 0 Å². The highest BCUT2D eigenvalue weighted by molar-refractivity contribution is 7.89. The molecule has 0 amide bonds. The van der Waals surface area contributed by atoms with Gasteiger partial charge in [-0.05, 0) is 30.5 Å². The number of rotatable bonds is 3. The maximum Gasteiger partial charge on any atom is 0.307 e. The lowest BCUT2D eigenvalue weighted by Crippen LogP contribution is -2.45. The smallest absolute Gasteiger partial charge is 0.307 e. The maximum absolute atomic E-state index is 13.2. The molecule has 2 atom stereocenters. The number of piperidine rings is 1. The number of sulfonamides is 1. The second-order valence-electron chi connectivity index (χ2n) is 5.16. The topological polar surface area (TPSA) is 74.7 Å². The molecule has 0 bridgehead atoms. The number of hydrogen-bond donors (Lipinski definition) is 1. The molecule has 0 aromatic heterocycles. The van der Waals surface area contributed by atoms with E-state index in [1.807, 2.05) is 6.92 Å². The Labute approximate surface area is 117 Å². The van der Waals surface area contributed by atoms with Crippen molar-refractivity contribution in [2.75, 3.05) is 13.1 Å². The molecule has 0 saturated carbocycles. The van der Waals surface area contributed by atoms with Gasteiger partial charge in [0.25, 0.3) is 0 Å². The predicted octanol–water partition coefficient (Wildman–Crippen LogP) is 1.56. The first kappa shape index (κ1) is 14.9. The fourth-order valence-electron chi connectivity index (χ4n) is 2.45. The molecule has 1 aromatic rings. The van der Waals surface area contributed by atoms with Crippen molar-refractivity contribution in [3.8, 4) is 0 Å². The van der Waals surface area contributed by atoms with Crippen molar-refractivity contribution in [2.24, 2.45) is 11.8 Å². The summed E-state index contributed by atoms with van der Waals surface area (Å²) in [5.74, 6) is -2.41. The van der Waals surface area contributed by atoms with Gasteiger partial charge in [-0.3, -0.25) is 4.79 Å². The third-order valence-corrected chi connectivity index (χ3v) is 5.24. The Kier molecular flexibility index (Phi) is 4.10. The van der Waals surface area contributed by atoms with Gasteiger partial charge >= 0.3 is 5.97 Å². The van der Waals surface area contributed by atoms with Crippen molar-refractivity contribution >= 4 is 16.0 Å². The molecule has 1 fully saturated rings. The van der Waals surface area contributed by atoms with Crippen molar-refractivity contribution in [2.45, 2.75) is 18.2 Å². The normalized spacial score (nSPS) is 24.5. The minimum absolute atomic E-state index is 0.0480. The number of aliphatic carboxylic acids is 1. The van der Waals surface area contributed by atoms with Crippen LogP contribution in [0.4, 0.5) is 4.39 Å². The molecule has 2 rings (SSSR count). The summed E-state index contributed by atoms with van der Waals surface area (Å²) in [6.07, 6.45) is 0.449. The van der Waals surface area contributed by atoms with E-state index >= 15 is 0 Å². The minimum atomic E-state index is -3.85. The highest BCUT2D eigenvalue weighted by atomic mass is 32.2. The standard InChI is InChI=1S/C13H16FNO4S/c1-9-5-10(13(16)17)8-15(7-9)20(18,19)12-4-2-3-11(14)6-12/h2-4,6,9-10H,5,7-8H2,1H3,(H,16,17). The number of carbonyl (C=O) groups is 1. The molecule has 1 saturated heterocycles. The van der Waals surface area contributed by atoms with Crippen LogP contribution in [0.25, 0.3) is 0 Å². The third kappa shape index (κ3) is 2.99. The van der Waals surface area contributed by atoms with Crippen molar-refractivity contribution in [1.29, 1.82) is 0 Å². The van der Waals surface area contributed by atoms with Crippen molar-refractivity contribution in [3.63, 3.8) is 0 Å². The number of carboxylic acids is 1. The van der Waals surface area contributed by atoms with E-state index in [1.54, 1.807) is 0 Å². The van der Waals surface area contributed by atoms with Crippen LogP contribution in [0.5, 0.6) is 0 Å². The van der Waals surface area contributed by atoms with Crippen LogP contribution in [-0.2, 0) is 14.8 Å². The van der Waals surface area contributed by atoms with Crippen LogP contribution in [0.2, 0.25) is 0 Å². The first-order chi connectivity index (χ1) is 9.30. The minimum Gasteiger partial charge on any atom is -0.481 e. The van der Waals surface area contributed by atoms with Crippen LogP contribution in [0.3, 0.4) is 0 Å². The molecule has 1 aromatic carbocycles. The third-order valence-electron chi connectivity index (χ3n) is 3.41. The number of halogens is 1. The van der Waals surface area contributed by atoms with E-state index in [4.69, 9.17) is 5.11 Å². The summed E-state index contributed by atoms with van der Waals surface area (Å²) in [6.45, 7) is 1.99. The SMILES string of the molecule is CC1CC(C(=O)O)CN(S(=O)(=O)c2cccc(F)c2)C1. The second kappa shape index (κ2) is 5.49. The van der Waals surface area contributed by atoms with Gasteiger partial charge in [-0.25, -0.2) is 12.8 Å². The van der Waals surface area contributed by atoms with E-state index < -0.39 is 27.7 Å². The zero-order valence-electron chi connectivity index (χ0n) is 11.0. The van der Waals surface area contributed by atoms with Gasteiger partial charge in [0.2, 0.25) is 10.0 Å². The van der Waals surface area contributed by atoms with E-state index in [-0.39, 0.29) is 23.9 Å². The summed E-state index contributed by atoms with van der Waals surface area (Å²) < 4.78 is 39.1. The summed E-state index contributed by atoms with van der Waals surface area (Å²) in [4.78, 5) is 10.9. The molecular formula is C13H16FNO4S. The lowest BCUT2D eigenvalue weighted by molar-refractivity contribution is -0.143. The predicted molar refractivity (Wildman–Crippen MR) is 70.1 cm³/mol. The first-order valence-electron chi connectivity index (χ1n) is 6.29. The summed E-state index contributed by atoms with van der Waals surface area (Å²) in [6, 6.07) is 4.75. The fraction of sp³-hybridized carbons (Fsp3) is 0.462. The molecule has 1 heterocycles. The molecule has 110 valence electrons. The lowest BCUT2D eigenvalue weighted by atomic mass is 9.92. The molecule has 7 heteroatoms. The van der Waals surface area contributed by atoms with Crippen molar-refractivity contribution in [3.05, 3.63) is 30.1 Å². The van der Waals surface area contributed by atoms with E-state index in [0.29, 0.717) is 6.42 Å². The Balaban J connectivity index is 2.31. The van der Waals surface area contributed by atoms with Gasteiger partial charge in [0.1, 0.15) is 5.82 Å². The number of carboxylic acid groups (broad SMARTS) is 1. The summed E-state index contributed by atoms with van der Waals surface area (Å²) >= 11 is 0. The van der Waals surface area contributed by atoms with E-state index in [1.165, 1.54) is 12.1 Å². The van der Waals surface area contributed by atoms with Gasteiger partial charge in [-0.2, -0.15) is 4.31 Å². The van der Waals surface area contributed by atoms with Gasteiger partial charge in [-0.15, -0.1) is 0 Å². The van der Waals surface area contributed by atoms with Crippen LogP contribution in [0.1, 0.15) is 13.3 Å². The Morgan fingerprint density at radius 1 is 1.40 bits per heavy atom. The summed E-state index contributed by atoms with van der Waals surface area (Å²) in [5, 5.41) is 9.07. The number of nitrogens with zero attached hydrogens (tertiary/aromatic N) is 1. The van der Waals surface area contributed by atoms with Crippen LogP contribution < -0.4 is 0 Å². The van der Waals surface area contributed by atoms with Crippen LogP contribution in [0, 0.1) is 17.7 Å². The van der Waals surface area contributed by atoms with Gasteiger partial charge in [0.05, 0.1) is 10.8 Å². The Morgan fingerprint density at radius 3 is 2.70 bits per heavy atom. The van der Waals surface area contributed by atoms with Crippen molar-refractivity contribution < 1.29 is 22.7 Å². The highest BCUT2D eigenvalue weighted by Crippen LogP contribution is 2.27. The molecule has 2 unspecified atom stereocenters. The average molecular weight is 301 g/mol. The first-order valence-corrected chi connectivity index (χ1v) is 7.73. The molecule has 0 spiro atoms. The quantitative estimate of drug-likeness (QED) is 0.919. The summed E-state index contributed by atoms with van der Waals surface area (Å²) in [5.41, 5.74) is 0. The van der Waals surface area contributed by atoms with Gasteiger partial charge in [-0.1, -0.05) is 13.0 Å². The Morgan fingerprint density at radius 2 is 2.10 bits per heavy atom. The molecule has 0 radical (unpaired) electrons. The Hall–Kier alpha value is -1.47. The van der Waals surface area contributed by atoms with Crippen LogP contribution >= 0.6 is 0 Å². The number of hydrogen-bond acceptors (Lipinski definition) is 3. The summed E-state index contributed by atoms with van der Waals surface area (Å²) in [7, 11) is -3.85. The van der Waals surface area contributed by atoms with Crippen LogP contribution in [0.15, 0.2) is 29.2 Å². The van der Waals surface area contributed by atoms with Gasteiger partial charge in [0, 0.05) is 13.1 Å². The zero-order chi connectivity index (χ0) is 14.9. The zero-order valence-corrected chi connectivity index (χ0v) is 11.8. The van der Waals surface area contributed by atoms with Gasteiger partial charge < -0.3 is 5.11 Å². The fourth-order valence-corrected chi connectivity index (χ4v) is 4.09. The molecule has 1 aliphatic rings. The number of benzene rings is 1. The molecule has 0 aliphatic carbocycles. The lowest BCUT2D eigenvalue weighted by Gasteiger charge is -2.33. The average Bonchev–Trinajstić information content (AvgIpc) is 2.38. The molecule has 1 N–H and O–H groups in total. The molecule has 20 heavy (non-hydrogen) atoms. The molecular weight excluding hydrogens is 285 g/mol. The van der Waals surface area contributed by atoms with E-state index in [2.05, 4.69) is 0 Å². The maximum atomic E-state index is 13.2. The second-order valence-corrected chi connectivity index (χ2v) is 7.09. The molecule has 1 aliphatic heterocycles. The Bertz CT molecular complexity index is 617. The highest BCUT2D eigenvalue weighted by Gasteiger charge is 2.36. The monoisotopic (exact) mass is 301 g/mol.